The largest absolute Gasteiger partial charge is 0.497 e. The van der Waals surface area contributed by atoms with Crippen LogP contribution in [0.1, 0.15) is 52.4 Å². The lowest BCUT2D eigenvalue weighted by Crippen LogP contribution is -2.37. The molecule has 0 unspecified atom stereocenters. The Morgan fingerprint density at radius 1 is 1.11 bits per heavy atom. The molecule has 36 heavy (non-hydrogen) atoms. The Morgan fingerprint density at radius 3 is 2.28 bits per heavy atom. The van der Waals surface area contributed by atoms with Crippen LogP contribution < -0.4 is 14.4 Å². The SMILES string of the molecule is CCCCC1(CCCC)CN(c2ccc(OC)cc2)c2cc(SC)c(OCC(=O)O)cc2S(O)(O)C1. The average molecular weight is 538 g/mol. The van der Waals surface area contributed by atoms with Gasteiger partial charge in [0, 0.05) is 29.5 Å². The second-order valence-electron chi connectivity index (χ2n) is 9.46. The molecule has 7 nitrogen and oxygen atoms in total. The number of thioether (sulfide) groups is 1. The monoisotopic (exact) mass is 537 g/mol. The first-order chi connectivity index (χ1) is 17.2. The predicted octanol–water partition coefficient (Wildman–Crippen LogP) is 7.51. The van der Waals surface area contributed by atoms with Gasteiger partial charge in [0.05, 0.1) is 22.6 Å². The number of nitrogens with zero attached hydrogens (tertiary/aromatic N) is 1. The maximum atomic E-state index is 11.7. The molecule has 0 saturated carbocycles. The van der Waals surface area contributed by atoms with Gasteiger partial charge in [-0.2, -0.15) is 10.6 Å². The van der Waals surface area contributed by atoms with Crippen molar-refractivity contribution in [3.63, 3.8) is 0 Å². The van der Waals surface area contributed by atoms with E-state index in [4.69, 9.17) is 14.6 Å². The van der Waals surface area contributed by atoms with E-state index in [1.807, 2.05) is 36.6 Å². The van der Waals surface area contributed by atoms with E-state index in [-0.39, 0.29) is 11.2 Å². The molecule has 0 spiro atoms. The highest BCUT2D eigenvalue weighted by atomic mass is 32.3. The molecule has 0 fully saturated rings. The van der Waals surface area contributed by atoms with Crippen LogP contribution in [0.5, 0.6) is 11.5 Å². The molecule has 0 radical (unpaired) electrons. The lowest BCUT2D eigenvalue weighted by atomic mass is 9.79. The number of unbranched alkanes of at least 4 members (excludes halogenated alkanes) is 2. The minimum absolute atomic E-state index is 0.274. The van der Waals surface area contributed by atoms with E-state index in [0.717, 1.165) is 60.5 Å². The van der Waals surface area contributed by atoms with Crippen LogP contribution in [0.25, 0.3) is 0 Å². The van der Waals surface area contributed by atoms with Gasteiger partial charge in [0.2, 0.25) is 0 Å². The van der Waals surface area contributed by atoms with Gasteiger partial charge >= 0.3 is 5.97 Å². The summed E-state index contributed by atoms with van der Waals surface area (Å²) in [4.78, 5) is 14.5. The van der Waals surface area contributed by atoms with Gasteiger partial charge in [-0.25, -0.2) is 4.79 Å². The van der Waals surface area contributed by atoms with Crippen LogP contribution in [0.4, 0.5) is 11.4 Å². The highest BCUT2D eigenvalue weighted by molar-refractivity contribution is 8.24. The summed E-state index contributed by atoms with van der Waals surface area (Å²) in [6.45, 7) is 4.49. The molecule has 0 aromatic heterocycles. The number of methoxy groups -OCH3 is 1. The maximum absolute atomic E-state index is 11.7. The van der Waals surface area contributed by atoms with Gasteiger partial charge in [0.1, 0.15) is 11.5 Å². The van der Waals surface area contributed by atoms with Crippen molar-refractivity contribution in [3.8, 4) is 11.5 Å². The minimum atomic E-state index is -3.19. The molecule has 3 rings (SSSR count). The number of hydrogen-bond donors (Lipinski definition) is 3. The van der Waals surface area contributed by atoms with Gasteiger partial charge < -0.3 is 19.5 Å². The Balaban J connectivity index is 2.22. The zero-order chi connectivity index (χ0) is 26.3. The highest BCUT2D eigenvalue weighted by Gasteiger charge is 2.42. The Hall–Kier alpha value is -2.07. The molecule has 1 aliphatic heterocycles. The van der Waals surface area contributed by atoms with Crippen LogP contribution in [-0.2, 0) is 4.79 Å². The van der Waals surface area contributed by atoms with Crippen LogP contribution in [0.3, 0.4) is 0 Å². The summed E-state index contributed by atoms with van der Waals surface area (Å²) >= 11 is 1.44. The van der Waals surface area contributed by atoms with E-state index >= 15 is 0 Å². The number of aliphatic carboxylic acids is 1. The first kappa shape index (κ1) is 28.5. The minimum Gasteiger partial charge on any atom is -0.497 e. The van der Waals surface area contributed by atoms with E-state index in [1.165, 1.54) is 11.8 Å². The summed E-state index contributed by atoms with van der Waals surface area (Å²) in [7, 11) is -1.56. The highest BCUT2D eigenvalue weighted by Crippen LogP contribution is 2.62. The fourth-order valence-corrected chi connectivity index (χ4v) is 7.65. The van der Waals surface area contributed by atoms with E-state index in [0.29, 0.717) is 17.2 Å². The second-order valence-corrected chi connectivity index (χ2v) is 12.4. The van der Waals surface area contributed by atoms with Crippen molar-refractivity contribution in [1.82, 2.24) is 0 Å². The topological polar surface area (TPSA) is 99.5 Å². The van der Waals surface area contributed by atoms with Crippen LogP contribution >= 0.6 is 22.4 Å². The lowest BCUT2D eigenvalue weighted by Gasteiger charge is -2.42. The first-order valence-corrected chi connectivity index (χ1v) is 15.4. The number of carboxylic acid groups (broad SMARTS) is 1. The molecule has 2 aromatic rings. The quantitative estimate of drug-likeness (QED) is 0.239. The molecule has 9 heteroatoms. The van der Waals surface area contributed by atoms with Gasteiger partial charge in [-0.3, -0.25) is 9.11 Å². The van der Waals surface area contributed by atoms with Crippen LogP contribution in [0, 0.1) is 5.41 Å². The van der Waals surface area contributed by atoms with Crippen LogP contribution in [0.2, 0.25) is 0 Å². The van der Waals surface area contributed by atoms with E-state index in [9.17, 15) is 13.9 Å². The van der Waals surface area contributed by atoms with E-state index < -0.39 is 23.2 Å². The number of carboxylic acids is 1. The summed E-state index contributed by atoms with van der Waals surface area (Å²) in [5.41, 5.74) is 1.38. The van der Waals surface area contributed by atoms with Crippen molar-refractivity contribution < 1.29 is 28.5 Å². The number of carbonyl (C=O) groups is 1. The Morgan fingerprint density at radius 2 is 1.75 bits per heavy atom. The number of fused-ring (bicyclic) bond motifs is 1. The Bertz CT molecular complexity index is 1020. The van der Waals surface area contributed by atoms with Gasteiger partial charge in [0.25, 0.3) is 0 Å². The molecule has 0 atom stereocenters. The molecule has 0 amide bonds. The van der Waals surface area contributed by atoms with Gasteiger partial charge in [-0.1, -0.05) is 39.5 Å². The van der Waals surface area contributed by atoms with Crippen molar-refractivity contribution in [2.75, 3.05) is 37.2 Å². The zero-order valence-corrected chi connectivity index (χ0v) is 23.3. The molecule has 1 heterocycles. The lowest BCUT2D eigenvalue weighted by molar-refractivity contribution is -0.139. The van der Waals surface area contributed by atoms with Crippen molar-refractivity contribution in [1.29, 1.82) is 0 Å². The smallest absolute Gasteiger partial charge is 0.341 e. The number of hydrogen-bond acceptors (Lipinski definition) is 7. The molecule has 0 saturated heterocycles. The molecule has 0 aliphatic carbocycles. The number of benzene rings is 2. The van der Waals surface area contributed by atoms with E-state index in [2.05, 4.69) is 18.7 Å². The number of ether oxygens (including phenoxy) is 2. The first-order valence-electron chi connectivity index (χ1n) is 12.4. The van der Waals surface area contributed by atoms with Crippen LogP contribution in [0.15, 0.2) is 46.2 Å². The predicted molar refractivity (Wildman–Crippen MR) is 149 cm³/mol. The molecule has 0 bridgehead atoms. The number of rotatable bonds is 12. The standard InChI is InChI=1S/C27H39NO6S2/c1-5-7-13-27(14-8-6-2)18-28(20-9-11-21(33-3)12-10-20)22-15-24(35-4)23(34-17-26(29)30)16-25(22)36(31,32)19-27/h9-12,15-16,31-32H,5-8,13-14,17-19H2,1-4H3,(H,29,30). The Labute approximate surface area is 220 Å². The maximum Gasteiger partial charge on any atom is 0.341 e. The molecule has 2 aromatic carbocycles. The van der Waals surface area contributed by atoms with Gasteiger partial charge in [-0.05, 0) is 49.4 Å². The molecule has 200 valence electrons. The average Bonchev–Trinajstić information content (AvgIpc) is 2.96. The Kier molecular flexibility index (Phi) is 9.86. The fraction of sp³-hybridized carbons (Fsp3) is 0.519. The van der Waals surface area contributed by atoms with Crippen molar-refractivity contribution in [2.24, 2.45) is 5.41 Å². The third-order valence-electron chi connectivity index (χ3n) is 6.75. The summed E-state index contributed by atoms with van der Waals surface area (Å²) in [5.74, 6) is 0.300. The van der Waals surface area contributed by atoms with E-state index in [1.54, 1.807) is 13.2 Å². The normalized spacial score (nSPS) is 17.1. The summed E-state index contributed by atoms with van der Waals surface area (Å²) < 4.78 is 34.3. The second kappa shape index (κ2) is 12.4. The molecular weight excluding hydrogens is 498 g/mol. The summed E-state index contributed by atoms with van der Waals surface area (Å²) in [5, 5.41) is 9.15. The summed E-state index contributed by atoms with van der Waals surface area (Å²) in [6.07, 6.45) is 7.78. The zero-order valence-electron chi connectivity index (χ0n) is 21.7. The number of anilines is 2. The molecular formula is C27H39NO6S2. The van der Waals surface area contributed by atoms with Gasteiger partial charge in [-0.15, -0.1) is 11.8 Å². The molecule has 1 aliphatic rings. The van der Waals surface area contributed by atoms with Crippen molar-refractivity contribution in [2.45, 2.75) is 62.2 Å². The third kappa shape index (κ3) is 6.62. The summed E-state index contributed by atoms with van der Waals surface area (Å²) in [6, 6.07) is 11.4. The third-order valence-corrected chi connectivity index (χ3v) is 9.55. The fourth-order valence-electron chi connectivity index (χ4n) is 4.91. The van der Waals surface area contributed by atoms with Crippen molar-refractivity contribution in [3.05, 3.63) is 36.4 Å². The van der Waals surface area contributed by atoms with Crippen molar-refractivity contribution >= 4 is 39.7 Å². The van der Waals surface area contributed by atoms with Crippen LogP contribution in [-0.4, -0.2) is 52.5 Å². The molecule has 3 N–H and O–H groups in total. The van der Waals surface area contributed by atoms with Gasteiger partial charge in [0.15, 0.2) is 6.61 Å².